The first kappa shape index (κ1) is 21.5. The minimum absolute atomic E-state index is 0.0546. The van der Waals surface area contributed by atoms with Gasteiger partial charge in [0.2, 0.25) is 5.95 Å². The van der Waals surface area contributed by atoms with Crippen molar-refractivity contribution in [2.45, 2.75) is 25.5 Å². The summed E-state index contributed by atoms with van der Waals surface area (Å²) < 4.78 is 5.37. The molecule has 1 atom stereocenters. The Kier molecular flexibility index (Phi) is 5.86. The Hall–Kier alpha value is -4.34. The lowest BCUT2D eigenvalue weighted by atomic mass is 10.1. The maximum Gasteiger partial charge on any atom is 0.407 e. The van der Waals surface area contributed by atoms with E-state index in [1.165, 1.54) is 0 Å². The number of hydrogen-bond acceptors (Lipinski definition) is 8. The lowest BCUT2D eigenvalue weighted by molar-refractivity contribution is 0.134. The van der Waals surface area contributed by atoms with Crippen molar-refractivity contribution in [1.29, 1.82) is 0 Å². The molecule has 1 saturated heterocycles. The molecule has 4 aromatic rings. The van der Waals surface area contributed by atoms with Crippen LogP contribution in [-0.2, 0) is 11.3 Å². The SMILES string of the molecule is Nc1nc(-c2ccc3c(N)n[nH]c3c2)cc(N2CCC[C@@H](NC(=O)OCc3ccccc3)C2)n1. The van der Waals surface area contributed by atoms with E-state index >= 15 is 0 Å². The van der Waals surface area contributed by atoms with Crippen molar-refractivity contribution in [2.24, 2.45) is 0 Å². The first-order chi connectivity index (χ1) is 16.5. The minimum Gasteiger partial charge on any atom is -0.445 e. The van der Waals surface area contributed by atoms with Gasteiger partial charge in [0.05, 0.1) is 11.2 Å². The number of nitrogens with two attached hydrogens (primary N) is 2. The molecule has 0 bridgehead atoms. The highest BCUT2D eigenvalue weighted by Gasteiger charge is 2.24. The Morgan fingerprint density at radius 3 is 2.85 bits per heavy atom. The van der Waals surface area contributed by atoms with E-state index in [9.17, 15) is 4.79 Å². The average Bonchev–Trinajstić information content (AvgIpc) is 3.23. The van der Waals surface area contributed by atoms with Gasteiger partial charge >= 0.3 is 6.09 Å². The number of fused-ring (bicyclic) bond motifs is 1. The summed E-state index contributed by atoms with van der Waals surface area (Å²) in [6.45, 7) is 1.65. The third-order valence-corrected chi connectivity index (χ3v) is 5.90. The molecular weight excluding hydrogens is 432 g/mol. The first-order valence-corrected chi connectivity index (χ1v) is 11.2. The second-order valence-corrected chi connectivity index (χ2v) is 8.33. The normalized spacial score (nSPS) is 15.9. The summed E-state index contributed by atoms with van der Waals surface area (Å²) in [5.41, 5.74) is 15.3. The van der Waals surface area contributed by atoms with Gasteiger partial charge < -0.3 is 26.4 Å². The molecule has 10 heteroatoms. The van der Waals surface area contributed by atoms with E-state index < -0.39 is 6.09 Å². The zero-order valence-corrected chi connectivity index (χ0v) is 18.6. The van der Waals surface area contributed by atoms with Crippen molar-refractivity contribution in [2.75, 3.05) is 29.5 Å². The van der Waals surface area contributed by atoms with Gasteiger partial charge in [-0.25, -0.2) is 9.78 Å². The number of carbonyl (C=O) groups is 1. The van der Waals surface area contributed by atoms with Crippen LogP contribution in [0.5, 0.6) is 0 Å². The van der Waals surface area contributed by atoms with E-state index in [4.69, 9.17) is 16.2 Å². The molecule has 0 aliphatic carbocycles. The van der Waals surface area contributed by atoms with Gasteiger partial charge in [0.1, 0.15) is 12.4 Å². The Morgan fingerprint density at radius 1 is 1.15 bits per heavy atom. The lowest BCUT2D eigenvalue weighted by Gasteiger charge is -2.33. The Labute approximate surface area is 196 Å². The standard InChI is InChI=1S/C24H26N8O2/c25-22-18-9-8-16(11-20(18)30-31-22)19-12-21(29-23(26)28-19)32-10-4-7-17(13-32)27-24(33)34-14-15-5-2-1-3-6-15/h1-3,5-6,8-9,11-12,17H,4,7,10,13-14H2,(H,27,33)(H3,25,30,31)(H2,26,28,29)/t17-/m1/s1. The molecule has 1 fully saturated rings. The van der Waals surface area contributed by atoms with Crippen molar-refractivity contribution >= 4 is 34.6 Å². The topological polar surface area (TPSA) is 148 Å². The number of nitrogen functional groups attached to an aromatic ring is 2. The van der Waals surface area contributed by atoms with Gasteiger partial charge in [-0.1, -0.05) is 36.4 Å². The van der Waals surface area contributed by atoms with Gasteiger partial charge in [-0.2, -0.15) is 10.1 Å². The molecule has 1 aliphatic heterocycles. The van der Waals surface area contributed by atoms with Crippen LogP contribution in [0.2, 0.25) is 0 Å². The van der Waals surface area contributed by atoms with E-state index in [0.29, 0.717) is 18.1 Å². The number of anilines is 3. The van der Waals surface area contributed by atoms with Crippen LogP contribution in [0.4, 0.5) is 22.4 Å². The van der Waals surface area contributed by atoms with Crippen LogP contribution in [0.25, 0.3) is 22.2 Å². The summed E-state index contributed by atoms with van der Waals surface area (Å²) in [6, 6.07) is 17.2. The molecule has 0 spiro atoms. The number of piperidine rings is 1. The predicted octanol–water partition coefficient (Wildman–Crippen LogP) is 3.08. The lowest BCUT2D eigenvalue weighted by Crippen LogP contribution is -2.48. The second-order valence-electron chi connectivity index (χ2n) is 8.33. The van der Waals surface area contributed by atoms with Crippen LogP contribution in [-0.4, -0.2) is 45.4 Å². The molecule has 0 unspecified atom stereocenters. The quantitative estimate of drug-likeness (QED) is 0.357. The number of aromatic nitrogens is 4. The molecule has 1 amide bonds. The van der Waals surface area contributed by atoms with Crippen LogP contribution in [0.1, 0.15) is 18.4 Å². The van der Waals surface area contributed by atoms with Gasteiger partial charge in [0, 0.05) is 36.1 Å². The number of H-pyrrole nitrogens is 1. The maximum atomic E-state index is 12.3. The number of carbonyl (C=O) groups excluding carboxylic acids is 1. The zero-order valence-electron chi connectivity index (χ0n) is 18.6. The first-order valence-electron chi connectivity index (χ1n) is 11.2. The van der Waals surface area contributed by atoms with Crippen molar-refractivity contribution < 1.29 is 9.53 Å². The number of aromatic amines is 1. The van der Waals surface area contributed by atoms with E-state index in [2.05, 4.69) is 30.4 Å². The number of amides is 1. The van der Waals surface area contributed by atoms with Gasteiger partial charge in [0.15, 0.2) is 5.82 Å². The monoisotopic (exact) mass is 458 g/mol. The third kappa shape index (κ3) is 4.70. The number of benzene rings is 2. The fourth-order valence-electron chi connectivity index (χ4n) is 4.20. The summed E-state index contributed by atoms with van der Waals surface area (Å²) in [5, 5.41) is 10.8. The highest BCUT2D eigenvalue weighted by Crippen LogP contribution is 2.28. The summed E-state index contributed by atoms with van der Waals surface area (Å²) in [6.07, 6.45) is 1.34. The number of ether oxygens (including phenoxy) is 1. The van der Waals surface area contributed by atoms with Crippen LogP contribution < -0.4 is 21.7 Å². The van der Waals surface area contributed by atoms with Crippen molar-refractivity contribution in [1.82, 2.24) is 25.5 Å². The number of alkyl carbamates (subject to hydrolysis) is 1. The number of rotatable bonds is 5. The smallest absolute Gasteiger partial charge is 0.407 e. The molecule has 5 rings (SSSR count). The highest BCUT2D eigenvalue weighted by molar-refractivity contribution is 5.91. The van der Waals surface area contributed by atoms with Gasteiger partial charge in [0.25, 0.3) is 0 Å². The summed E-state index contributed by atoms with van der Waals surface area (Å²) in [4.78, 5) is 23.3. The van der Waals surface area contributed by atoms with Gasteiger partial charge in [-0.05, 0) is 30.5 Å². The fraction of sp³-hybridized carbons (Fsp3) is 0.250. The van der Waals surface area contributed by atoms with E-state index in [1.54, 1.807) is 0 Å². The fourth-order valence-corrected chi connectivity index (χ4v) is 4.20. The van der Waals surface area contributed by atoms with E-state index in [-0.39, 0.29) is 18.6 Å². The molecule has 0 saturated carbocycles. The Morgan fingerprint density at radius 2 is 2.00 bits per heavy atom. The molecule has 34 heavy (non-hydrogen) atoms. The number of nitrogens with zero attached hydrogens (tertiary/aromatic N) is 4. The zero-order chi connectivity index (χ0) is 23.5. The molecule has 1 aliphatic rings. The van der Waals surface area contributed by atoms with Crippen LogP contribution in [0.15, 0.2) is 54.6 Å². The largest absolute Gasteiger partial charge is 0.445 e. The predicted molar refractivity (Wildman–Crippen MR) is 131 cm³/mol. The molecule has 3 heterocycles. The van der Waals surface area contributed by atoms with Crippen LogP contribution in [0, 0.1) is 0 Å². The molecule has 0 radical (unpaired) electrons. The number of nitrogens with one attached hydrogen (secondary N) is 2. The Bertz CT molecular complexity index is 1310. The highest BCUT2D eigenvalue weighted by atomic mass is 16.5. The maximum absolute atomic E-state index is 12.3. The molecular formula is C24H26N8O2. The summed E-state index contributed by atoms with van der Waals surface area (Å²) in [7, 11) is 0. The van der Waals surface area contributed by atoms with Crippen LogP contribution in [0.3, 0.4) is 0 Å². The van der Waals surface area contributed by atoms with Crippen molar-refractivity contribution in [3.63, 3.8) is 0 Å². The molecule has 6 N–H and O–H groups in total. The van der Waals surface area contributed by atoms with Crippen LogP contribution >= 0.6 is 0 Å². The average molecular weight is 459 g/mol. The minimum atomic E-state index is -0.425. The van der Waals surface area contributed by atoms with Gasteiger partial charge in [-0.15, -0.1) is 0 Å². The number of hydrogen-bond donors (Lipinski definition) is 4. The Balaban J connectivity index is 1.27. The molecule has 2 aromatic carbocycles. The van der Waals surface area contributed by atoms with Crippen molar-refractivity contribution in [3.8, 4) is 11.3 Å². The van der Waals surface area contributed by atoms with E-state index in [1.807, 2.05) is 54.6 Å². The molecule has 10 nitrogen and oxygen atoms in total. The second kappa shape index (κ2) is 9.26. The summed E-state index contributed by atoms with van der Waals surface area (Å²) >= 11 is 0. The molecule has 174 valence electrons. The van der Waals surface area contributed by atoms with Crippen molar-refractivity contribution in [3.05, 3.63) is 60.2 Å². The summed E-state index contributed by atoms with van der Waals surface area (Å²) in [5.74, 6) is 1.36. The van der Waals surface area contributed by atoms with E-state index in [0.717, 1.165) is 47.2 Å². The third-order valence-electron chi connectivity index (χ3n) is 5.90. The molecule has 2 aromatic heterocycles. The van der Waals surface area contributed by atoms with Gasteiger partial charge in [-0.3, -0.25) is 5.10 Å².